The third-order valence-corrected chi connectivity index (χ3v) is 7.89. The Morgan fingerprint density at radius 1 is 1.10 bits per heavy atom. The van der Waals surface area contributed by atoms with Crippen molar-refractivity contribution in [3.63, 3.8) is 0 Å². The highest BCUT2D eigenvalue weighted by Crippen LogP contribution is 2.44. The lowest BCUT2D eigenvalue weighted by Crippen LogP contribution is -2.23. The molecule has 0 bridgehead atoms. The number of nitrogens with zero attached hydrogens (tertiary/aromatic N) is 1. The maximum absolute atomic E-state index is 11.1. The van der Waals surface area contributed by atoms with Gasteiger partial charge in [-0.1, -0.05) is 45.2 Å². The third-order valence-electron chi connectivity index (χ3n) is 6.96. The molecule has 4 aromatic rings. The van der Waals surface area contributed by atoms with Crippen LogP contribution < -0.4 is 0 Å². The molecule has 0 saturated heterocycles. The molecule has 0 radical (unpaired) electrons. The second kappa shape index (κ2) is 7.29. The number of hydrogen-bond acceptors (Lipinski definition) is 3. The second-order valence-corrected chi connectivity index (χ2v) is 9.40. The quantitative estimate of drug-likeness (QED) is 0.339. The fourth-order valence-electron chi connectivity index (χ4n) is 5.09. The van der Waals surface area contributed by atoms with Crippen LogP contribution in [0.4, 0.5) is 0 Å². The molecule has 4 nitrogen and oxygen atoms in total. The van der Waals surface area contributed by atoms with Crippen LogP contribution in [0.1, 0.15) is 75.8 Å². The van der Waals surface area contributed by atoms with Crippen LogP contribution in [0, 0.1) is 0 Å². The molecule has 5 rings (SSSR count). The molecule has 1 fully saturated rings. The molecule has 1 aliphatic rings. The highest BCUT2D eigenvalue weighted by molar-refractivity contribution is 7.17. The minimum absolute atomic E-state index is 0.571. The smallest absolute Gasteiger partial charge is 0.126 e. The van der Waals surface area contributed by atoms with E-state index in [1.54, 1.807) is 11.3 Å². The molecule has 29 heavy (non-hydrogen) atoms. The summed E-state index contributed by atoms with van der Waals surface area (Å²) >= 11 is 1.74. The Morgan fingerprint density at radius 2 is 1.90 bits per heavy atom. The van der Waals surface area contributed by atoms with Crippen LogP contribution in [0.15, 0.2) is 29.6 Å². The lowest BCUT2D eigenvalue weighted by atomic mass is 9.81. The number of fused-ring (bicyclic) bond motifs is 2. The van der Waals surface area contributed by atoms with Gasteiger partial charge >= 0.3 is 0 Å². The van der Waals surface area contributed by atoms with Gasteiger partial charge in [0.25, 0.3) is 0 Å². The monoisotopic (exact) mass is 407 g/mol. The van der Waals surface area contributed by atoms with Crippen molar-refractivity contribution < 1.29 is 5.11 Å². The molecule has 0 unspecified atom stereocenters. The molecule has 0 atom stereocenters. The molecule has 0 amide bonds. The zero-order valence-electron chi connectivity index (χ0n) is 17.2. The lowest BCUT2D eigenvalue weighted by molar-refractivity contribution is 0.0285. The van der Waals surface area contributed by atoms with E-state index in [0.29, 0.717) is 18.8 Å². The Morgan fingerprint density at radius 3 is 2.66 bits per heavy atom. The van der Waals surface area contributed by atoms with Crippen molar-refractivity contribution in [1.29, 1.82) is 0 Å². The summed E-state index contributed by atoms with van der Waals surface area (Å²) in [6.45, 7) is 4.11. The van der Waals surface area contributed by atoms with Crippen LogP contribution in [0.3, 0.4) is 0 Å². The Balaban J connectivity index is 1.73. The summed E-state index contributed by atoms with van der Waals surface area (Å²) in [5, 5.41) is 22.3. The van der Waals surface area contributed by atoms with E-state index in [0.717, 1.165) is 28.0 Å². The van der Waals surface area contributed by atoms with Crippen LogP contribution in [0.5, 0.6) is 0 Å². The Hall–Kier alpha value is -2.11. The molecule has 5 heteroatoms. The normalized spacial score (nSPS) is 16.2. The van der Waals surface area contributed by atoms with E-state index in [9.17, 15) is 5.11 Å². The number of hydrogen-bond donors (Lipinski definition) is 3. The van der Waals surface area contributed by atoms with Gasteiger partial charge in [0.05, 0.1) is 21.5 Å². The van der Waals surface area contributed by atoms with Crippen LogP contribution in [-0.4, -0.2) is 20.3 Å². The molecule has 3 heterocycles. The third kappa shape index (κ3) is 3.03. The zero-order chi connectivity index (χ0) is 20.0. The van der Waals surface area contributed by atoms with Gasteiger partial charge in [0.2, 0.25) is 0 Å². The number of rotatable bonds is 5. The maximum Gasteiger partial charge on any atom is 0.126 e. The van der Waals surface area contributed by atoms with Crippen molar-refractivity contribution in [3.8, 4) is 11.4 Å². The minimum atomic E-state index is -0.766. The molecule has 1 saturated carbocycles. The predicted molar refractivity (Wildman–Crippen MR) is 122 cm³/mol. The number of aromatic amines is 2. The van der Waals surface area contributed by atoms with E-state index in [2.05, 4.69) is 58.7 Å². The molecule has 0 spiro atoms. The van der Waals surface area contributed by atoms with Gasteiger partial charge in [-0.15, -0.1) is 11.3 Å². The van der Waals surface area contributed by atoms with Crippen molar-refractivity contribution in [2.75, 3.05) is 0 Å². The zero-order valence-corrected chi connectivity index (χ0v) is 18.0. The first kappa shape index (κ1) is 18.9. The summed E-state index contributed by atoms with van der Waals surface area (Å²) < 4.78 is 1.22. The average molecular weight is 408 g/mol. The molecule has 1 aromatic carbocycles. The highest BCUT2D eigenvalue weighted by atomic mass is 32.1. The van der Waals surface area contributed by atoms with Crippen molar-refractivity contribution in [3.05, 3.63) is 40.8 Å². The Kier molecular flexibility index (Phi) is 4.75. The van der Waals surface area contributed by atoms with E-state index in [-0.39, 0.29) is 0 Å². The van der Waals surface area contributed by atoms with Gasteiger partial charge in [-0.2, -0.15) is 5.10 Å². The first-order valence-corrected chi connectivity index (χ1v) is 11.8. The first-order valence-electron chi connectivity index (χ1n) is 10.9. The van der Waals surface area contributed by atoms with Crippen LogP contribution in [0.25, 0.3) is 32.5 Å². The van der Waals surface area contributed by atoms with Crippen molar-refractivity contribution in [1.82, 2.24) is 15.2 Å². The van der Waals surface area contributed by atoms with E-state index < -0.39 is 5.60 Å². The molecule has 0 aliphatic heterocycles. The SMILES string of the molecule is CCC(O)(CC)c1ccc2c(C3CCCCC3)c(-c3n[nH]c4ccsc34)[nH]c2c1. The van der Waals surface area contributed by atoms with Gasteiger partial charge in [-0.05, 0) is 60.2 Å². The van der Waals surface area contributed by atoms with Crippen molar-refractivity contribution in [2.45, 2.75) is 70.3 Å². The molecule has 1 aliphatic carbocycles. The topological polar surface area (TPSA) is 64.7 Å². The van der Waals surface area contributed by atoms with Crippen molar-refractivity contribution >= 4 is 32.5 Å². The molecular formula is C24H29N3OS. The fourth-order valence-corrected chi connectivity index (χ4v) is 5.93. The van der Waals surface area contributed by atoms with Gasteiger partial charge in [0.15, 0.2) is 0 Å². The molecule has 152 valence electrons. The predicted octanol–water partition coefficient (Wildman–Crippen LogP) is 6.83. The number of aromatic nitrogens is 3. The molecule has 3 aromatic heterocycles. The Bertz CT molecular complexity index is 1140. The number of benzene rings is 1. The summed E-state index contributed by atoms with van der Waals surface area (Å²) in [6.07, 6.45) is 7.86. The average Bonchev–Trinajstić information content (AvgIpc) is 3.47. The van der Waals surface area contributed by atoms with Gasteiger partial charge in [-0.25, -0.2) is 0 Å². The van der Waals surface area contributed by atoms with Gasteiger partial charge in [0.1, 0.15) is 5.69 Å². The standard InChI is InChI=1S/C24H29N3OS/c1-3-24(28,4-2)16-10-11-17-19(14-16)25-21(20(17)15-8-6-5-7-9-15)22-23-18(26-27-22)12-13-29-23/h10-15,25,28H,3-9H2,1-2H3,(H,26,27). The highest BCUT2D eigenvalue weighted by Gasteiger charge is 2.29. The minimum Gasteiger partial charge on any atom is -0.385 e. The van der Waals surface area contributed by atoms with Crippen LogP contribution in [-0.2, 0) is 5.60 Å². The van der Waals surface area contributed by atoms with Crippen LogP contribution in [0.2, 0.25) is 0 Å². The van der Waals surface area contributed by atoms with Crippen molar-refractivity contribution in [2.24, 2.45) is 0 Å². The summed E-state index contributed by atoms with van der Waals surface area (Å²) in [6, 6.07) is 8.62. The first-order chi connectivity index (χ1) is 14.1. The lowest BCUT2D eigenvalue weighted by Gasteiger charge is -2.26. The summed E-state index contributed by atoms with van der Waals surface area (Å²) in [7, 11) is 0. The maximum atomic E-state index is 11.1. The number of thiophene rings is 1. The number of aliphatic hydroxyl groups is 1. The van der Waals surface area contributed by atoms with E-state index in [1.165, 1.54) is 47.8 Å². The van der Waals surface area contributed by atoms with Gasteiger partial charge < -0.3 is 10.1 Å². The summed E-state index contributed by atoms with van der Waals surface area (Å²) in [4.78, 5) is 3.72. The van der Waals surface area contributed by atoms with E-state index in [4.69, 9.17) is 0 Å². The fraction of sp³-hybridized carbons (Fsp3) is 0.458. The Labute approximate surface area is 175 Å². The molecular weight excluding hydrogens is 378 g/mol. The number of nitrogens with one attached hydrogen (secondary N) is 2. The van der Waals surface area contributed by atoms with E-state index >= 15 is 0 Å². The van der Waals surface area contributed by atoms with Crippen LogP contribution >= 0.6 is 11.3 Å². The van der Waals surface area contributed by atoms with Gasteiger partial charge in [-0.3, -0.25) is 5.10 Å². The second-order valence-electron chi connectivity index (χ2n) is 8.48. The largest absolute Gasteiger partial charge is 0.385 e. The molecule has 3 N–H and O–H groups in total. The van der Waals surface area contributed by atoms with Gasteiger partial charge in [0, 0.05) is 10.9 Å². The number of H-pyrrole nitrogens is 2. The summed E-state index contributed by atoms with van der Waals surface area (Å²) in [5.74, 6) is 0.571. The van der Waals surface area contributed by atoms with E-state index in [1.807, 2.05) is 0 Å². The summed E-state index contributed by atoms with van der Waals surface area (Å²) in [5.41, 5.74) is 6.07.